The van der Waals surface area contributed by atoms with Gasteiger partial charge < -0.3 is 19.5 Å². The number of ether oxygens (including phenoxy) is 1. The number of carbonyl (C=O) groups is 2. The number of benzene rings is 1. The largest absolute Gasteiger partial charge is 0.490 e. The van der Waals surface area contributed by atoms with Gasteiger partial charge in [-0.2, -0.15) is 0 Å². The van der Waals surface area contributed by atoms with Crippen LogP contribution in [-0.2, 0) is 4.79 Å². The zero-order valence-electron chi connectivity index (χ0n) is 18.6. The first-order valence-corrected chi connectivity index (χ1v) is 10.9. The molecule has 0 radical (unpaired) electrons. The maximum absolute atomic E-state index is 12.9. The van der Waals surface area contributed by atoms with Crippen LogP contribution in [0.1, 0.15) is 21.8 Å². The van der Waals surface area contributed by atoms with Gasteiger partial charge in [-0.25, -0.2) is 0 Å². The maximum atomic E-state index is 12.9. The van der Waals surface area contributed by atoms with E-state index in [1.165, 1.54) is 0 Å². The molecule has 170 valence electrons. The number of nitrogens with one attached hydrogen (secondary N) is 1. The van der Waals surface area contributed by atoms with E-state index < -0.39 is 0 Å². The van der Waals surface area contributed by atoms with E-state index in [1.807, 2.05) is 32.0 Å². The number of fused-ring (bicyclic) bond motifs is 2. The summed E-state index contributed by atoms with van der Waals surface area (Å²) in [5.41, 5.74) is 3.77. The monoisotopic (exact) mass is 447 g/mol. The molecule has 0 saturated carbocycles. The minimum Gasteiger partial charge on any atom is -0.490 e. The molecule has 1 fully saturated rings. The van der Waals surface area contributed by atoms with Crippen molar-refractivity contribution in [2.45, 2.75) is 19.9 Å². The first-order valence-electron chi connectivity index (χ1n) is 10.9. The highest BCUT2D eigenvalue weighted by Gasteiger charge is 2.33. The molecule has 5 rings (SSSR count). The number of anilines is 1. The summed E-state index contributed by atoms with van der Waals surface area (Å²) in [5.74, 6) is 1.14. The third-order valence-corrected chi connectivity index (χ3v) is 6.15. The first-order chi connectivity index (χ1) is 16.0. The molecule has 2 aromatic heterocycles. The van der Waals surface area contributed by atoms with Gasteiger partial charge in [0.25, 0.3) is 5.91 Å². The first kappa shape index (κ1) is 21.1. The van der Waals surface area contributed by atoms with Crippen LogP contribution in [0.2, 0.25) is 0 Å². The number of piperazine rings is 1. The molecule has 1 atom stereocenters. The number of pyridine rings is 1. The van der Waals surface area contributed by atoms with Crippen LogP contribution in [0.5, 0.6) is 5.75 Å². The van der Waals surface area contributed by atoms with Crippen molar-refractivity contribution in [2.24, 2.45) is 0 Å². The van der Waals surface area contributed by atoms with Gasteiger partial charge in [-0.1, -0.05) is 11.2 Å². The van der Waals surface area contributed by atoms with Crippen LogP contribution in [-0.4, -0.2) is 70.6 Å². The second kappa shape index (κ2) is 8.67. The molecule has 9 heteroatoms. The molecule has 4 heterocycles. The Labute approximate surface area is 191 Å². The van der Waals surface area contributed by atoms with Gasteiger partial charge in [-0.05, 0) is 43.7 Å². The quantitative estimate of drug-likeness (QED) is 0.644. The molecule has 33 heavy (non-hydrogen) atoms. The van der Waals surface area contributed by atoms with Gasteiger partial charge in [-0.15, -0.1) is 0 Å². The number of amides is 2. The van der Waals surface area contributed by atoms with Gasteiger partial charge in [-0.3, -0.25) is 19.5 Å². The van der Waals surface area contributed by atoms with Crippen LogP contribution in [0.3, 0.4) is 0 Å². The molecule has 1 N–H and O–H groups in total. The lowest BCUT2D eigenvalue weighted by Crippen LogP contribution is -2.57. The normalized spacial score (nSPS) is 18.8. The molecule has 0 aliphatic carbocycles. The maximum Gasteiger partial charge on any atom is 0.255 e. The Morgan fingerprint density at radius 3 is 2.85 bits per heavy atom. The number of rotatable bonds is 2. The average molecular weight is 447 g/mol. The highest BCUT2D eigenvalue weighted by Crippen LogP contribution is 2.34. The Balaban J connectivity index is 1.37. The number of hydrogen-bond donors (Lipinski definition) is 1. The highest BCUT2D eigenvalue weighted by atomic mass is 16.5. The molecule has 0 spiro atoms. The van der Waals surface area contributed by atoms with Crippen LogP contribution >= 0.6 is 0 Å². The van der Waals surface area contributed by atoms with Crippen molar-refractivity contribution in [3.8, 4) is 16.9 Å². The van der Waals surface area contributed by atoms with Crippen molar-refractivity contribution in [1.82, 2.24) is 19.9 Å². The van der Waals surface area contributed by atoms with Crippen LogP contribution in [0, 0.1) is 13.8 Å². The smallest absolute Gasteiger partial charge is 0.255 e. The second-order valence-corrected chi connectivity index (χ2v) is 8.39. The summed E-state index contributed by atoms with van der Waals surface area (Å²) in [6, 6.07) is 9.10. The van der Waals surface area contributed by atoms with Gasteiger partial charge in [0.2, 0.25) is 5.91 Å². The van der Waals surface area contributed by atoms with Crippen molar-refractivity contribution < 1.29 is 18.8 Å². The number of aryl methyl sites for hydroxylation is 2. The van der Waals surface area contributed by atoms with Crippen LogP contribution in [0.15, 0.2) is 47.2 Å². The Kier molecular flexibility index (Phi) is 5.55. The van der Waals surface area contributed by atoms with E-state index in [0.717, 1.165) is 22.6 Å². The van der Waals surface area contributed by atoms with Gasteiger partial charge in [0.1, 0.15) is 18.1 Å². The fraction of sp³-hybridized carbons (Fsp3) is 0.333. The number of aromatic nitrogens is 2. The van der Waals surface area contributed by atoms with Crippen molar-refractivity contribution in [3.05, 3.63) is 59.7 Å². The molecule has 2 aliphatic rings. The summed E-state index contributed by atoms with van der Waals surface area (Å²) in [6.45, 7) is 5.96. The predicted molar refractivity (Wildman–Crippen MR) is 121 cm³/mol. The lowest BCUT2D eigenvalue weighted by molar-refractivity contribution is -0.118. The molecule has 0 bridgehead atoms. The Morgan fingerprint density at radius 2 is 2.09 bits per heavy atom. The zero-order valence-corrected chi connectivity index (χ0v) is 18.6. The standard InChI is InChI=1S/C24H25N5O4/c1-15-23(16(2)33-27-15)17-5-6-21-20(10-17)26-22(30)13-28-8-9-29(12-19(28)14-32-21)24(31)18-4-3-7-25-11-18/h3-7,10-11,19H,8-9,12-14H2,1-2H3,(H,26,30)/t19-/m1/s1. The predicted octanol–water partition coefficient (Wildman–Crippen LogP) is 2.51. The Bertz CT molecular complexity index is 1170. The minimum atomic E-state index is -0.116. The van der Waals surface area contributed by atoms with Crippen LogP contribution in [0.25, 0.3) is 11.1 Å². The van der Waals surface area contributed by atoms with E-state index in [-0.39, 0.29) is 24.4 Å². The summed E-state index contributed by atoms with van der Waals surface area (Å²) in [6.07, 6.45) is 3.22. The molecule has 0 unspecified atom stereocenters. The lowest BCUT2D eigenvalue weighted by Gasteiger charge is -2.40. The van der Waals surface area contributed by atoms with Crippen molar-refractivity contribution in [2.75, 3.05) is 38.1 Å². The zero-order chi connectivity index (χ0) is 22.9. The molecule has 3 aromatic rings. The van der Waals surface area contributed by atoms with Gasteiger partial charge in [0.15, 0.2) is 0 Å². The minimum absolute atomic E-state index is 0.0587. The number of carbonyl (C=O) groups excluding carboxylic acids is 2. The average Bonchev–Trinajstić information content (AvgIpc) is 3.19. The van der Waals surface area contributed by atoms with E-state index in [4.69, 9.17) is 9.26 Å². The molecule has 1 aromatic carbocycles. The number of hydrogen-bond acceptors (Lipinski definition) is 7. The van der Waals surface area contributed by atoms with E-state index in [1.54, 1.807) is 29.4 Å². The third kappa shape index (κ3) is 4.19. The Morgan fingerprint density at radius 1 is 1.21 bits per heavy atom. The summed E-state index contributed by atoms with van der Waals surface area (Å²) in [4.78, 5) is 33.7. The van der Waals surface area contributed by atoms with Gasteiger partial charge >= 0.3 is 0 Å². The van der Waals surface area contributed by atoms with Gasteiger partial charge in [0.05, 0.1) is 29.5 Å². The Hall–Kier alpha value is -3.72. The molecule has 1 saturated heterocycles. The number of nitrogens with zero attached hydrogens (tertiary/aromatic N) is 4. The van der Waals surface area contributed by atoms with Gasteiger partial charge in [0, 0.05) is 37.6 Å². The van der Waals surface area contributed by atoms with E-state index >= 15 is 0 Å². The van der Waals surface area contributed by atoms with Crippen molar-refractivity contribution >= 4 is 17.5 Å². The molecule has 2 aliphatic heterocycles. The SMILES string of the molecule is Cc1noc(C)c1-c1ccc2c(c1)NC(=O)CN1CCN(C(=O)c3cccnc3)C[C@@H]1CO2. The van der Waals surface area contributed by atoms with Crippen molar-refractivity contribution in [1.29, 1.82) is 0 Å². The highest BCUT2D eigenvalue weighted by molar-refractivity contribution is 5.95. The van der Waals surface area contributed by atoms with E-state index in [9.17, 15) is 9.59 Å². The fourth-order valence-corrected chi connectivity index (χ4v) is 4.48. The van der Waals surface area contributed by atoms with E-state index in [0.29, 0.717) is 43.2 Å². The summed E-state index contributed by atoms with van der Waals surface area (Å²) >= 11 is 0. The summed E-state index contributed by atoms with van der Waals surface area (Å²) < 4.78 is 11.4. The van der Waals surface area contributed by atoms with E-state index in [2.05, 4.69) is 20.4 Å². The van der Waals surface area contributed by atoms with Crippen LogP contribution < -0.4 is 10.1 Å². The molecular weight excluding hydrogens is 422 g/mol. The fourth-order valence-electron chi connectivity index (χ4n) is 4.48. The topological polar surface area (TPSA) is 101 Å². The van der Waals surface area contributed by atoms with Crippen molar-refractivity contribution in [3.63, 3.8) is 0 Å². The third-order valence-electron chi connectivity index (χ3n) is 6.15. The molecular formula is C24H25N5O4. The summed E-state index contributed by atoms with van der Waals surface area (Å²) in [5, 5.41) is 7.01. The molecule has 9 nitrogen and oxygen atoms in total. The summed E-state index contributed by atoms with van der Waals surface area (Å²) in [7, 11) is 0. The van der Waals surface area contributed by atoms with Crippen LogP contribution in [0.4, 0.5) is 5.69 Å². The second-order valence-electron chi connectivity index (χ2n) is 8.39. The lowest BCUT2D eigenvalue weighted by atomic mass is 10.0. The molecule has 2 amide bonds.